The van der Waals surface area contributed by atoms with Crippen LogP contribution in [-0.2, 0) is 11.3 Å². The van der Waals surface area contributed by atoms with Gasteiger partial charge in [0.15, 0.2) is 0 Å². The molecule has 1 amide bonds. The van der Waals surface area contributed by atoms with Gasteiger partial charge in [0.1, 0.15) is 11.6 Å². The number of aryl methyl sites for hydroxylation is 2. The van der Waals surface area contributed by atoms with Crippen molar-refractivity contribution >= 4 is 5.91 Å². The predicted molar refractivity (Wildman–Crippen MR) is 55.1 cm³/mol. The zero-order valence-corrected chi connectivity index (χ0v) is 8.73. The van der Waals surface area contributed by atoms with E-state index in [9.17, 15) is 4.79 Å². The summed E-state index contributed by atoms with van der Waals surface area (Å²) >= 11 is 0. The normalized spacial score (nSPS) is 19.4. The summed E-state index contributed by atoms with van der Waals surface area (Å²) in [5.74, 6) is 1.45. The third-order valence-corrected chi connectivity index (χ3v) is 2.48. The van der Waals surface area contributed by atoms with Gasteiger partial charge in [-0.25, -0.2) is 9.67 Å². The number of carbonyl (C=O) groups excluding carboxylic acids is 1. The molecule has 1 N–H and O–H groups in total. The molecule has 15 heavy (non-hydrogen) atoms. The number of rotatable bonds is 2. The molecule has 5 nitrogen and oxygen atoms in total. The molecular weight excluding hydrogens is 192 g/mol. The van der Waals surface area contributed by atoms with E-state index in [1.165, 1.54) is 6.08 Å². The lowest BCUT2D eigenvalue weighted by atomic mass is 10.1. The summed E-state index contributed by atoms with van der Waals surface area (Å²) in [5, 5.41) is 7.12. The van der Waals surface area contributed by atoms with Crippen molar-refractivity contribution in [1.82, 2.24) is 20.1 Å². The van der Waals surface area contributed by atoms with Crippen LogP contribution in [0.25, 0.3) is 0 Å². The minimum atomic E-state index is -0.158. The van der Waals surface area contributed by atoms with E-state index < -0.39 is 0 Å². The number of hydrogen-bond acceptors (Lipinski definition) is 3. The van der Waals surface area contributed by atoms with Gasteiger partial charge < -0.3 is 5.32 Å². The van der Waals surface area contributed by atoms with Crippen molar-refractivity contribution in [2.24, 2.45) is 0 Å². The van der Waals surface area contributed by atoms with Crippen LogP contribution in [0.5, 0.6) is 0 Å². The molecule has 0 aliphatic carbocycles. The van der Waals surface area contributed by atoms with Gasteiger partial charge in [0.2, 0.25) is 5.91 Å². The fourth-order valence-corrected chi connectivity index (χ4v) is 1.84. The molecule has 1 aliphatic rings. The summed E-state index contributed by atoms with van der Waals surface area (Å²) in [6, 6.07) is -0.0227. The molecule has 2 rings (SSSR count). The summed E-state index contributed by atoms with van der Waals surface area (Å²) in [7, 11) is 0. The Kier molecular flexibility index (Phi) is 2.53. The Bertz CT molecular complexity index is 396. The van der Waals surface area contributed by atoms with E-state index in [-0.39, 0.29) is 11.9 Å². The highest BCUT2D eigenvalue weighted by Crippen LogP contribution is 2.22. The average Bonchev–Trinajstić information content (AvgIpc) is 2.59. The Labute approximate surface area is 88.2 Å². The molecular formula is C10H14N4O. The van der Waals surface area contributed by atoms with Crippen LogP contribution in [0.4, 0.5) is 0 Å². The van der Waals surface area contributed by atoms with Gasteiger partial charge in [0.25, 0.3) is 0 Å². The topological polar surface area (TPSA) is 59.8 Å². The quantitative estimate of drug-likeness (QED) is 0.725. The van der Waals surface area contributed by atoms with Gasteiger partial charge in [0.05, 0.1) is 6.04 Å². The lowest BCUT2D eigenvalue weighted by molar-refractivity contribution is -0.117. The van der Waals surface area contributed by atoms with Crippen LogP contribution in [0.3, 0.4) is 0 Å². The van der Waals surface area contributed by atoms with Crippen molar-refractivity contribution in [2.75, 3.05) is 0 Å². The molecule has 5 heteroatoms. The lowest BCUT2D eigenvalue weighted by Crippen LogP contribution is -2.32. The average molecular weight is 206 g/mol. The van der Waals surface area contributed by atoms with Crippen molar-refractivity contribution in [1.29, 1.82) is 0 Å². The molecule has 0 fully saturated rings. The van der Waals surface area contributed by atoms with Gasteiger partial charge in [-0.3, -0.25) is 4.79 Å². The SMILES string of the molecule is C=CC(=O)N[C@H]1CCCn2nc(C)nc21. The van der Waals surface area contributed by atoms with Crippen LogP contribution in [0.2, 0.25) is 0 Å². The monoisotopic (exact) mass is 206 g/mol. The predicted octanol–water partition coefficient (Wildman–Crippen LogP) is 0.724. The molecule has 2 heterocycles. The number of nitrogens with zero attached hydrogens (tertiary/aromatic N) is 3. The molecule has 1 aliphatic heterocycles. The maximum Gasteiger partial charge on any atom is 0.243 e. The lowest BCUT2D eigenvalue weighted by Gasteiger charge is -2.22. The highest BCUT2D eigenvalue weighted by molar-refractivity contribution is 5.87. The maximum atomic E-state index is 11.2. The second kappa shape index (κ2) is 3.84. The first-order valence-electron chi connectivity index (χ1n) is 5.05. The standard InChI is InChI=1S/C10H14N4O/c1-3-9(15)12-8-5-4-6-14-10(8)11-7(2)13-14/h3,8H,1,4-6H2,2H3,(H,12,15)/t8-/m0/s1. The molecule has 80 valence electrons. The number of aromatic nitrogens is 3. The van der Waals surface area contributed by atoms with Crippen molar-refractivity contribution in [2.45, 2.75) is 32.4 Å². The Morgan fingerprint density at radius 3 is 3.27 bits per heavy atom. The molecule has 0 aromatic carbocycles. The van der Waals surface area contributed by atoms with Crippen molar-refractivity contribution < 1.29 is 4.79 Å². The van der Waals surface area contributed by atoms with E-state index in [0.717, 1.165) is 31.0 Å². The fourth-order valence-electron chi connectivity index (χ4n) is 1.84. The minimum absolute atomic E-state index is 0.0227. The van der Waals surface area contributed by atoms with E-state index in [2.05, 4.69) is 22.0 Å². The summed E-state index contributed by atoms with van der Waals surface area (Å²) in [6.45, 7) is 6.18. The van der Waals surface area contributed by atoms with Crippen LogP contribution in [-0.4, -0.2) is 20.7 Å². The van der Waals surface area contributed by atoms with E-state index in [1.807, 2.05) is 11.6 Å². The molecule has 0 radical (unpaired) electrons. The second-order valence-electron chi connectivity index (χ2n) is 3.65. The van der Waals surface area contributed by atoms with Crippen LogP contribution in [0, 0.1) is 6.92 Å². The zero-order chi connectivity index (χ0) is 10.8. The third kappa shape index (κ3) is 1.91. The van der Waals surface area contributed by atoms with Gasteiger partial charge in [-0.2, -0.15) is 5.10 Å². The van der Waals surface area contributed by atoms with E-state index in [0.29, 0.717) is 0 Å². The van der Waals surface area contributed by atoms with E-state index >= 15 is 0 Å². The summed E-state index contributed by atoms with van der Waals surface area (Å²) in [5.41, 5.74) is 0. The minimum Gasteiger partial charge on any atom is -0.343 e. The van der Waals surface area contributed by atoms with Crippen LogP contribution >= 0.6 is 0 Å². The number of hydrogen-bond donors (Lipinski definition) is 1. The Hall–Kier alpha value is -1.65. The smallest absolute Gasteiger partial charge is 0.243 e. The van der Waals surface area contributed by atoms with Crippen molar-refractivity contribution in [3.63, 3.8) is 0 Å². The number of fused-ring (bicyclic) bond motifs is 1. The highest BCUT2D eigenvalue weighted by Gasteiger charge is 2.24. The first kappa shape index (κ1) is 9.89. The Balaban J connectivity index is 2.21. The highest BCUT2D eigenvalue weighted by atomic mass is 16.1. The number of nitrogens with one attached hydrogen (secondary N) is 1. The van der Waals surface area contributed by atoms with E-state index in [1.54, 1.807) is 0 Å². The molecule has 0 bridgehead atoms. The largest absolute Gasteiger partial charge is 0.343 e. The van der Waals surface area contributed by atoms with Gasteiger partial charge in [0, 0.05) is 6.54 Å². The molecule has 1 aromatic rings. The number of amides is 1. The van der Waals surface area contributed by atoms with Crippen molar-refractivity contribution in [3.05, 3.63) is 24.3 Å². The second-order valence-corrected chi connectivity index (χ2v) is 3.65. The molecule has 1 aromatic heterocycles. The van der Waals surface area contributed by atoms with Crippen LogP contribution < -0.4 is 5.32 Å². The van der Waals surface area contributed by atoms with Gasteiger partial charge in [-0.1, -0.05) is 6.58 Å². The van der Waals surface area contributed by atoms with Gasteiger partial charge in [-0.05, 0) is 25.8 Å². The summed E-state index contributed by atoms with van der Waals surface area (Å²) in [6.07, 6.45) is 3.21. The van der Waals surface area contributed by atoms with Gasteiger partial charge in [-0.15, -0.1) is 0 Å². The van der Waals surface area contributed by atoms with Crippen molar-refractivity contribution in [3.8, 4) is 0 Å². The maximum absolute atomic E-state index is 11.2. The molecule has 0 unspecified atom stereocenters. The van der Waals surface area contributed by atoms with Gasteiger partial charge >= 0.3 is 0 Å². The first-order valence-corrected chi connectivity index (χ1v) is 5.05. The van der Waals surface area contributed by atoms with Crippen LogP contribution in [0.15, 0.2) is 12.7 Å². The fraction of sp³-hybridized carbons (Fsp3) is 0.500. The third-order valence-electron chi connectivity index (χ3n) is 2.48. The Morgan fingerprint density at radius 1 is 1.73 bits per heavy atom. The summed E-state index contributed by atoms with van der Waals surface area (Å²) in [4.78, 5) is 15.5. The molecule has 0 spiro atoms. The summed E-state index contributed by atoms with van der Waals surface area (Å²) < 4.78 is 1.87. The molecule has 0 saturated heterocycles. The molecule has 0 saturated carbocycles. The van der Waals surface area contributed by atoms with Crippen LogP contribution in [0.1, 0.15) is 30.5 Å². The molecule has 1 atom stereocenters. The Morgan fingerprint density at radius 2 is 2.53 bits per heavy atom. The number of carbonyl (C=O) groups is 1. The first-order chi connectivity index (χ1) is 7.20. The van der Waals surface area contributed by atoms with E-state index in [4.69, 9.17) is 0 Å². The zero-order valence-electron chi connectivity index (χ0n) is 8.73.